The summed E-state index contributed by atoms with van der Waals surface area (Å²) in [5.41, 5.74) is 1.96. The number of nitrogens with one attached hydrogen (secondary N) is 1. The second-order valence-electron chi connectivity index (χ2n) is 9.58. The van der Waals surface area contributed by atoms with Gasteiger partial charge in [0.1, 0.15) is 23.2 Å². The van der Waals surface area contributed by atoms with Gasteiger partial charge >= 0.3 is 0 Å². The van der Waals surface area contributed by atoms with Gasteiger partial charge in [-0.1, -0.05) is 0 Å². The highest BCUT2D eigenvalue weighted by atomic mass is 19.1. The molecule has 1 unspecified atom stereocenters. The van der Waals surface area contributed by atoms with Crippen LogP contribution in [0.3, 0.4) is 0 Å². The Morgan fingerprint density at radius 3 is 2.71 bits per heavy atom. The standard InChI is InChI=1S/C25H26F2N6O2/c1-13-29-22-21(18-6-3-16(26)10-19(18)27)30-24(31-23(22)25(34)32(13)2)14-7-8-35-20(9-14)15-11-28-33(12-15)17-4-5-17/h3,6,10-14,17,20,29H,4-5,7-9H2,1-2H3/t13?,14-,20+/m1/s1. The Morgan fingerprint density at radius 2 is 1.94 bits per heavy atom. The minimum atomic E-state index is -0.741. The van der Waals surface area contributed by atoms with Crippen LogP contribution in [0.1, 0.15) is 72.5 Å². The van der Waals surface area contributed by atoms with E-state index in [4.69, 9.17) is 9.72 Å². The molecule has 182 valence electrons. The summed E-state index contributed by atoms with van der Waals surface area (Å²) in [6, 6.07) is 3.85. The van der Waals surface area contributed by atoms with Gasteiger partial charge < -0.3 is 15.0 Å². The number of ether oxygens (including phenoxy) is 1. The molecule has 1 aromatic carbocycles. The summed E-state index contributed by atoms with van der Waals surface area (Å²) in [6.45, 7) is 2.33. The summed E-state index contributed by atoms with van der Waals surface area (Å²) in [7, 11) is 1.69. The summed E-state index contributed by atoms with van der Waals surface area (Å²) < 4.78 is 36.5. The zero-order chi connectivity index (χ0) is 24.3. The molecule has 2 fully saturated rings. The van der Waals surface area contributed by atoms with Gasteiger partial charge in [0.15, 0.2) is 5.69 Å². The van der Waals surface area contributed by atoms with E-state index in [0.29, 0.717) is 37.0 Å². The molecule has 3 atom stereocenters. The molecule has 4 heterocycles. The van der Waals surface area contributed by atoms with Crippen molar-refractivity contribution in [3.8, 4) is 11.3 Å². The third-order valence-electron chi connectivity index (χ3n) is 7.13. The zero-order valence-electron chi connectivity index (χ0n) is 19.5. The molecule has 8 nitrogen and oxygen atoms in total. The maximum atomic E-state index is 14.9. The van der Waals surface area contributed by atoms with Gasteiger partial charge in [-0.3, -0.25) is 9.48 Å². The molecule has 0 spiro atoms. The minimum absolute atomic E-state index is 0.0944. The van der Waals surface area contributed by atoms with Gasteiger partial charge in [0, 0.05) is 43.0 Å². The van der Waals surface area contributed by atoms with Crippen molar-refractivity contribution in [2.45, 2.75) is 56.8 Å². The Kier molecular flexibility index (Phi) is 5.28. The quantitative estimate of drug-likeness (QED) is 0.595. The fourth-order valence-electron chi connectivity index (χ4n) is 4.80. The number of hydrogen-bond donors (Lipinski definition) is 1. The van der Waals surface area contributed by atoms with Crippen LogP contribution in [-0.4, -0.2) is 50.4 Å². The Hall–Kier alpha value is -3.40. The molecule has 1 N–H and O–H groups in total. The summed E-state index contributed by atoms with van der Waals surface area (Å²) in [5, 5.41) is 7.70. The summed E-state index contributed by atoms with van der Waals surface area (Å²) in [5.74, 6) is -1.32. The van der Waals surface area contributed by atoms with Crippen molar-refractivity contribution in [1.82, 2.24) is 24.6 Å². The molecule has 1 amide bonds. The Morgan fingerprint density at radius 1 is 1.14 bits per heavy atom. The van der Waals surface area contributed by atoms with E-state index in [9.17, 15) is 13.6 Å². The van der Waals surface area contributed by atoms with Crippen LogP contribution >= 0.6 is 0 Å². The topological polar surface area (TPSA) is 85.2 Å². The second kappa shape index (κ2) is 8.37. The number of anilines is 1. The summed E-state index contributed by atoms with van der Waals surface area (Å²) >= 11 is 0. The minimum Gasteiger partial charge on any atom is -0.373 e. The average molecular weight is 481 g/mol. The molecule has 2 aromatic heterocycles. The van der Waals surface area contributed by atoms with E-state index in [1.54, 1.807) is 11.9 Å². The van der Waals surface area contributed by atoms with E-state index >= 15 is 0 Å². The molecule has 35 heavy (non-hydrogen) atoms. The number of benzene rings is 1. The van der Waals surface area contributed by atoms with E-state index in [1.165, 1.54) is 12.1 Å². The van der Waals surface area contributed by atoms with E-state index < -0.39 is 11.6 Å². The Labute approximate surface area is 201 Å². The number of aromatic nitrogens is 4. The van der Waals surface area contributed by atoms with Crippen LogP contribution in [-0.2, 0) is 4.74 Å². The van der Waals surface area contributed by atoms with Gasteiger partial charge in [-0.05, 0) is 44.7 Å². The van der Waals surface area contributed by atoms with Crippen LogP contribution in [0.5, 0.6) is 0 Å². The molecule has 2 aliphatic heterocycles. The van der Waals surface area contributed by atoms with Crippen molar-refractivity contribution >= 4 is 11.6 Å². The smallest absolute Gasteiger partial charge is 0.276 e. The van der Waals surface area contributed by atoms with Crippen molar-refractivity contribution in [2.24, 2.45) is 0 Å². The highest BCUT2D eigenvalue weighted by Gasteiger charge is 2.35. The summed E-state index contributed by atoms with van der Waals surface area (Å²) in [4.78, 5) is 24.1. The van der Waals surface area contributed by atoms with Crippen LogP contribution in [0, 0.1) is 11.6 Å². The van der Waals surface area contributed by atoms with Gasteiger partial charge in [-0.15, -0.1) is 0 Å². The molecule has 0 radical (unpaired) electrons. The number of carbonyl (C=O) groups excluding carboxylic acids is 1. The first-order valence-corrected chi connectivity index (χ1v) is 12.0. The largest absolute Gasteiger partial charge is 0.373 e. The lowest BCUT2D eigenvalue weighted by molar-refractivity contribution is 0.00389. The highest BCUT2D eigenvalue weighted by Crippen LogP contribution is 2.41. The first kappa shape index (κ1) is 22.1. The normalized spacial score (nSPS) is 24.3. The number of carbonyl (C=O) groups is 1. The molecule has 10 heteroatoms. The van der Waals surface area contributed by atoms with Gasteiger partial charge in [0.2, 0.25) is 0 Å². The average Bonchev–Trinajstić information content (AvgIpc) is 3.59. The molecule has 1 saturated carbocycles. The maximum Gasteiger partial charge on any atom is 0.276 e. The van der Waals surface area contributed by atoms with Gasteiger partial charge in [0.05, 0.1) is 30.2 Å². The first-order chi connectivity index (χ1) is 16.9. The number of nitrogens with zero attached hydrogens (tertiary/aromatic N) is 5. The van der Waals surface area contributed by atoms with Crippen molar-refractivity contribution in [2.75, 3.05) is 19.0 Å². The van der Waals surface area contributed by atoms with Gasteiger partial charge in [-0.2, -0.15) is 5.10 Å². The van der Waals surface area contributed by atoms with Crippen LogP contribution in [0.25, 0.3) is 11.3 Å². The van der Waals surface area contributed by atoms with Gasteiger partial charge in [0.25, 0.3) is 5.91 Å². The molecule has 1 saturated heterocycles. The van der Waals surface area contributed by atoms with Crippen molar-refractivity contribution < 1.29 is 18.3 Å². The molecule has 0 bridgehead atoms. The maximum absolute atomic E-state index is 14.9. The van der Waals surface area contributed by atoms with Crippen LogP contribution in [0.4, 0.5) is 14.5 Å². The fraction of sp³-hybridized carbons (Fsp3) is 0.440. The lowest BCUT2D eigenvalue weighted by Gasteiger charge is -2.34. The number of halogens is 2. The van der Waals surface area contributed by atoms with Crippen LogP contribution in [0.2, 0.25) is 0 Å². The predicted octanol–water partition coefficient (Wildman–Crippen LogP) is 4.43. The lowest BCUT2D eigenvalue weighted by Crippen LogP contribution is -2.45. The Balaban J connectivity index is 1.40. The fourth-order valence-corrected chi connectivity index (χ4v) is 4.80. The van der Waals surface area contributed by atoms with Crippen molar-refractivity contribution in [3.63, 3.8) is 0 Å². The van der Waals surface area contributed by atoms with E-state index in [0.717, 1.165) is 24.5 Å². The number of hydrogen-bond acceptors (Lipinski definition) is 6. The van der Waals surface area contributed by atoms with E-state index in [-0.39, 0.29) is 41.0 Å². The van der Waals surface area contributed by atoms with Crippen molar-refractivity contribution in [3.05, 3.63) is 59.3 Å². The number of amides is 1. The van der Waals surface area contributed by atoms with Crippen LogP contribution in [0.15, 0.2) is 30.6 Å². The Bertz CT molecular complexity index is 1310. The highest BCUT2D eigenvalue weighted by molar-refractivity contribution is 6.02. The SMILES string of the molecule is CC1Nc2c(nc([C@@H]3CCO[C@H](c4cnn(C5CC5)c4)C3)nc2-c2ccc(F)cc2F)C(=O)N1C. The number of rotatable bonds is 4. The molecular weight excluding hydrogens is 454 g/mol. The molecule has 3 aliphatic rings. The number of fused-ring (bicyclic) bond motifs is 1. The third-order valence-corrected chi connectivity index (χ3v) is 7.13. The third kappa shape index (κ3) is 3.95. The first-order valence-electron chi connectivity index (χ1n) is 12.0. The van der Waals surface area contributed by atoms with E-state index in [2.05, 4.69) is 15.4 Å². The second-order valence-corrected chi connectivity index (χ2v) is 9.58. The zero-order valence-corrected chi connectivity index (χ0v) is 19.5. The van der Waals surface area contributed by atoms with Gasteiger partial charge in [-0.25, -0.2) is 18.7 Å². The molecule has 3 aromatic rings. The predicted molar refractivity (Wildman–Crippen MR) is 124 cm³/mol. The summed E-state index contributed by atoms with van der Waals surface area (Å²) in [6.07, 6.45) is 6.99. The lowest BCUT2D eigenvalue weighted by atomic mass is 9.91. The van der Waals surface area contributed by atoms with E-state index in [1.807, 2.05) is 24.0 Å². The van der Waals surface area contributed by atoms with Crippen molar-refractivity contribution in [1.29, 1.82) is 0 Å². The molecule has 1 aliphatic carbocycles. The monoisotopic (exact) mass is 480 g/mol. The van der Waals surface area contributed by atoms with Crippen LogP contribution < -0.4 is 5.32 Å². The molecule has 6 rings (SSSR count). The molecular formula is C25H26F2N6O2.